The molecule has 0 atom stereocenters. The first-order valence-electron chi connectivity index (χ1n) is 9.83. The molecule has 0 radical (unpaired) electrons. The predicted octanol–water partition coefficient (Wildman–Crippen LogP) is 6.01. The lowest BCUT2D eigenvalue weighted by Crippen LogP contribution is -2.40. The van der Waals surface area contributed by atoms with Crippen LogP contribution in [0.5, 0.6) is 0 Å². The second-order valence-corrected chi connectivity index (χ2v) is 14.4. The summed E-state index contributed by atoms with van der Waals surface area (Å²) in [7, 11) is -1.83. The van der Waals surface area contributed by atoms with E-state index < -0.39 is 20.0 Å². The number of carbonyl (C=O) groups is 1. The van der Waals surface area contributed by atoms with Gasteiger partial charge in [-0.2, -0.15) is 0 Å². The summed E-state index contributed by atoms with van der Waals surface area (Å²) in [6, 6.07) is 7.40. The van der Waals surface area contributed by atoms with Crippen LogP contribution in [-0.4, -0.2) is 30.0 Å². The molecule has 1 aromatic carbocycles. The lowest BCUT2D eigenvalue weighted by atomic mass is 10.1. The van der Waals surface area contributed by atoms with Crippen molar-refractivity contribution in [2.75, 3.05) is 5.32 Å². The first kappa shape index (κ1) is 23.0. The molecule has 158 valence electrons. The number of carbonyl (C=O) groups excluding carboxylic acids is 1. The second kappa shape index (κ2) is 8.63. The van der Waals surface area contributed by atoms with Crippen LogP contribution in [-0.2, 0) is 15.8 Å². The Morgan fingerprint density at radius 1 is 1.03 bits per heavy atom. The molecular weight excluding hydrogens is 382 g/mol. The van der Waals surface area contributed by atoms with Crippen LogP contribution in [0.15, 0.2) is 36.7 Å². The van der Waals surface area contributed by atoms with E-state index >= 15 is 0 Å². The van der Waals surface area contributed by atoms with Crippen LogP contribution in [0.3, 0.4) is 0 Å². The Labute approximate surface area is 175 Å². The first-order valence-corrected chi connectivity index (χ1v) is 12.7. The Balaban J connectivity index is 2.13. The molecule has 0 bridgehead atoms. The van der Waals surface area contributed by atoms with Gasteiger partial charge in [-0.25, -0.2) is 14.8 Å². The van der Waals surface area contributed by atoms with Crippen molar-refractivity contribution in [2.45, 2.75) is 71.9 Å². The molecule has 0 fully saturated rings. The van der Waals surface area contributed by atoms with E-state index in [0.29, 0.717) is 18.1 Å². The van der Waals surface area contributed by atoms with E-state index in [1.54, 1.807) is 18.5 Å². The molecule has 0 saturated carbocycles. The number of benzene rings is 1. The molecule has 1 aromatic heterocycles. The first-order chi connectivity index (χ1) is 13.3. The fourth-order valence-corrected chi connectivity index (χ4v) is 3.21. The van der Waals surface area contributed by atoms with Gasteiger partial charge in [-0.3, -0.25) is 5.32 Å². The Kier molecular flexibility index (Phi) is 6.85. The third kappa shape index (κ3) is 6.64. The molecule has 0 unspecified atom stereocenters. The highest BCUT2D eigenvalue weighted by Gasteiger charge is 2.37. The highest BCUT2D eigenvalue weighted by molar-refractivity contribution is 6.74. The Morgan fingerprint density at radius 3 is 2.17 bits per heavy atom. The lowest BCUT2D eigenvalue weighted by Gasteiger charge is -2.36. The molecule has 1 amide bonds. The number of ether oxygens (including phenoxy) is 1. The number of anilines is 1. The van der Waals surface area contributed by atoms with Gasteiger partial charge in [0.15, 0.2) is 14.1 Å². The molecule has 1 heterocycles. The molecule has 29 heavy (non-hydrogen) atoms. The maximum atomic E-state index is 12.1. The van der Waals surface area contributed by atoms with Gasteiger partial charge in [0, 0.05) is 23.5 Å². The van der Waals surface area contributed by atoms with Crippen LogP contribution in [0.4, 0.5) is 10.5 Å². The van der Waals surface area contributed by atoms with E-state index in [2.05, 4.69) is 49.1 Å². The van der Waals surface area contributed by atoms with E-state index in [9.17, 15) is 4.79 Å². The minimum Gasteiger partial charge on any atom is -0.444 e. The van der Waals surface area contributed by atoms with Crippen molar-refractivity contribution in [3.63, 3.8) is 0 Å². The van der Waals surface area contributed by atoms with E-state index in [-0.39, 0.29) is 5.04 Å². The molecule has 2 aromatic rings. The van der Waals surface area contributed by atoms with Crippen LogP contribution in [0, 0.1) is 0 Å². The number of hydrogen-bond donors (Lipinski definition) is 1. The number of rotatable bonds is 5. The third-order valence-electron chi connectivity index (χ3n) is 4.91. The quantitative estimate of drug-likeness (QED) is 0.605. The maximum absolute atomic E-state index is 12.1. The van der Waals surface area contributed by atoms with Gasteiger partial charge < -0.3 is 9.16 Å². The number of hydrogen-bond acceptors (Lipinski definition) is 5. The number of nitrogens with zero attached hydrogens (tertiary/aromatic N) is 2. The van der Waals surface area contributed by atoms with Gasteiger partial charge in [0.1, 0.15) is 5.60 Å². The fourth-order valence-electron chi connectivity index (χ4n) is 2.25. The van der Waals surface area contributed by atoms with Crippen LogP contribution >= 0.6 is 0 Å². The van der Waals surface area contributed by atoms with E-state index in [0.717, 1.165) is 11.1 Å². The van der Waals surface area contributed by atoms with Gasteiger partial charge in [0.2, 0.25) is 0 Å². The van der Waals surface area contributed by atoms with Crippen molar-refractivity contribution in [2.24, 2.45) is 0 Å². The molecule has 0 saturated heterocycles. The Bertz CT molecular complexity index is 838. The van der Waals surface area contributed by atoms with Crippen molar-refractivity contribution in [3.05, 3.63) is 42.2 Å². The van der Waals surface area contributed by atoms with Gasteiger partial charge >= 0.3 is 6.09 Å². The van der Waals surface area contributed by atoms with Crippen LogP contribution in [0.1, 0.15) is 47.1 Å². The molecule has 0 aliphatic rings. The summed E-state index contributed by atoms with van der Waals surface area (Å²) in [5.41, 5.74) is 1.69. The number of para-hydroxylation sites is 1. The van der Waals surface area contributed by atoms with Crippen molar-refractivity contribution in [1.82, 2.24) is 9.97 Å². The number of amides is 1. The molecule has 0 aliphatic heterocycles. The summed E-state index contributed by atoms with van der Waals surface area (Å²) < 4.78 is 11.6. The van der Waals surface area contributed by atoms with Crippen LogP contribution in [0.2, 0.25) is 18.1 Å². The smallest absolute Gasteiger partial charge is 0.412 e. The normalized spacial score (nSPS) is 12.6. The van der Waals surface area contributed by atoms with Gasteiger partial charge in [0.05, 0.1) is 12.3 Å². The minimum atomic E-state index is -1.83. The van der Waals surface area contributed by atoms with Gasteiger partial charge in [-0.1, -0.05) is 32.9 Å². The van der Waals surface area contributed by atoms with E-state index in [1.807, 2.05) is 39.0 Å². The number of nitrogens with one attached hydrogen (secondary N) is 1. The van der Waals surface area contributed by atoms with Crippen LogP contribution in [0.25, 0.3) is 11.4 Å². The van der Waals surface area contributed by atoms with Crippen molar-refractivity contribution >= 4 is 20.1 Å². The molecular formula is C22H33N3O3Si. The molecule has 0 aliphatic carbocycles. The van der Waals surface area contributed by atoms with Gasteiger partial charge in [-0.05, 0) is 51.0 Å². The highest BCUT2D eigenvalue weighted by atomic mass is 28.4. The Hall–Kier alpha value is -2.25. The molecule has 1 N–H and O–H groups in total. The standard InChI is InChI=1S/C22H33N3O3Si/c1-21(2,3)28-20(26)25-18-12-10-9-11-17(18)19-23-13-16(14-24-19)15-27-29(7,8)22(4,5)6/h9-14H,15H2,1-8H3,(H,25,26). The summed E-state index contributed by atoms with van der Waals surface area (Å²) >= 11 is 0. The van der Waals surface area contributed by atoms with Crippen molar-refractivity contribution < 1.29 is 14.0 Å². The summed E-state index contributed by atoms with van der Waals surface area (Å²) in [5.74, 6) is 0.535. The Morgan fingerprint density at radius 2 is 1.62 bits per heavy atom. The summed E-state index contributed by atoms with van der Waals surface area (Å²) in [4.78, 5) is 21.1. The average Bonchev–Trinajstić information content (AvgIpc) is 2.58. The summed E-state index contributed by atoms with van der Waals surface area (Å²) in [5, 5.41) is 2.93. The zero-order valence-electron chi connectivity index (χ0n) is 18.8. The maximum Gasteiger partial charge on any atom is 0.412 e. The van der Waals surface area contributed by atoms with E-state index in [4.69, 9.17) is 9.16 Å². The molecule has 0 spiro atoms. The largest absolute Gasteiger partial charge is 0.444 e. The predicted molar refractivity (Wildman–Crippen MR) is 119 cm³/mol. The second-order valence-electron chi connectivity index (χ2n) is 9.64. The summed E-state index contributed by atoms with van der Waals surface area (Å²) in [6.45, 7) is 17.1. The minimum absolute atomic E-state index is 0.153. The SMILES string of the molecule is CC(C)(C)OC(=O)Nc1ccccc1-c1ncc(CO[Si](C)(C)C(C)(C)C)cn1. The van der Waals surface area contributed by atoms with E-state index in [1.165, 1.54) is 0 Å². The lowest BCUT2D eigenvalue weighted by molar-refractivity contribution is 0.0636. The third-order valence-corrected chi connectivity index (χ3v) is 9.39. The van der Waals surface area contributed by atoms with Gasteiger partial charge in [0.25, 0.3) is 0 Å². The zero-order valence-corrected chi connectivity index (χ0v) is 19.8. The van der Waals surface area contributed by atoms with Gasteiger partial charge in [-0.15, -0.1) is 0 Å². The molecule has 6 nitrogen and oxygen atoms in total. The fraction of sp³-hybridized carbons (Fsp3) is 0.500. The van der Waals surface area contributed by atoms with Crippen LogP contribution < -0.4 is 5.32 Å². The highest BCUT2D eigenvalue weighted by Crippen LogP contribution is 2.37. The molecule has 2 rings (SSSR count). The van der Waals surface area contributed by atoms with Crippen molar-refractivity contribution in [3.8, 4) is 11.4 Å². The average molecular weight is 416 g/mol. The summed E-state index contributed by atoms with van der Waals surface area (Å²) in [6.07, 6.45) is 3.05. The monoisotopic (exact) mass is 415 g/mol. The van der Waals surface area contributed by atoms with Crippen molar-refractivity contribution in [1.29, 1.82) is 0 Å². The number of aromatic nitrogens is 2. The molecule has 7 heteroatoms. The zero-order chi connectivity index (χ0) is 21.9. The topological polar surface area (TPSA) is 73.3 Å².